The summed E-state index contributed by atoms with van der Waals surface area (Å²) in [4.78, 5) is 47.2. The molecule has 0 aromatic heterocycles. The van der Waals surface area contributed by atoms with Crippen molar-refractivity contribution in [2.24, 2.45) is 5.92 Å². The Bertz CT molecular complexity index is 1500. The highest BCUT2D eigenvalue weighted by Gasteiger charge is 2.60. The van der Waals surface area contributed by atoms with E-state index in [0.29, 0.717) is 17.0 Å². The van der Waals surface area contributed by atoms with Gasteiger partial charge in [0.15, 0.2) is 6.10 Å². The summed E-state index contributed by atoms with van der Waals surface area (Å²) >= 11 is 0. The maximum Gasteiger partial charge on any atom is 0.343 e. The molecule has 0 spiro atoms. The summed E-state index contributed by atoms with van der Waals surface area (Å²) in [6.45, 7) is 1.87. The predicted octanol–water partition coefficient (Wildman–Crippen LogP) is 5.27. The zero-order valence-electron chi connectivity index (χ0n) is 20.6. The maximum absolute atomic E-state index is 13.8. The van der Waals surface area contributed by atoms with Gasteiger partial charge in [-0.05, 0) is 60.5 Å². The smallest absolute Gasteiger partial charge is 0.343 e. The number of carbonyl (C=O) groups is 3. The fourth-order valence-corrected chi connectivity index (χ4v) is 5.08. The third-order valence-electron chi connectivity index (χ3n) is 6.92. The Morgan fingerprint density at radius 2 is 1.39 bits per heavy atom. The largest absolute Gasteiger partial charge is 0.423 e. The Labute approximate surface area is 219 Å². The Hall–Kier alpha value is -4.75. The number of para-hydroxylation sites is 2. The molecule has 2 heterocycles. The van der Waals surface area contributed by atoms with Crippen molar-refractivity contribution >= 4 is 29.2 Å². The minimum atomic E-state index is -0.956. The first kappa shape index (κ1) is 23.6. The van der Waals surface area contributed by atoms with Gasteiger partial charge in [-0.1, -0.05) is 66.7 Å². The van der Waals surface area contributed by atoms with Gasteiger partial charge in [-0.15, -0.1) is 0 Å². The number of amides is 2. The van der Waals surface area contributed by atoms with Crippen molar-refractivity contribution in [3.05, 3.63) is 126 Å². The van der Waals surface area contributed by atoms with Gasteiger partial charge in [-0.2, -0.15) is 0 Å². The first-order valence-electron chi connectivity index (χ1n) is 12.3. The van der Waals surface area contributed by atoms with Gasteiger partial charge in [0.1, 0.15) is 11.7 Å². The van der Waals surface area contributed by atoms with Crippen LogP contribution in [0.5, 0.6) is 5.75 Å². The molecule has 2 saturated heterocycles. The third-order valence-corrected chi connectivity index (χ3v) is 6.92. The average Bonchev–Trinajstić information content (AvgIpc) is 3.46. The fraction of sp³-hybridized carbons (Fsp3) is 0.129. The van der Waals surface area contributed by atoms with Crippen LogP contribution >= 0.6 is 0 Å². The lowest BCUT2D eigenvalue weighted by atomic mass is 9.90. The Balaban J connectivity index is 1.34. The lowest BCUT2D eigenvalue weighted by Crippen LogP contribution is -2.37. The number of nitrogens with zero attached hydrogens (tertiary/aromatic N) is 2. The molecular formula is C31H24N2O5. The fourth-order valence-electron chi connectivity index (χ4n) is 5.08. The standard InChI is InChI=1S/C31H24N2O5/c1-20-10-8-9-15-25(20)32-29(34)26-27(33(38-28(26)30(32)35)23-13-6-3-7-14-23)21-16-18-24(19-17-21)37-31(36)22-11-4-2-5-12-22/h2-19,26-28H,1H3/t26-,27-,28-/m1/s1. The van der Waals surface area contributed by atoms with Crippen molar-refractivity contribution in [3.63, 3.8) is 0 Å². The van der Waals surface area contributed by atoms with Crippen LogP contribution in [0.4, 0.5) is 11.4 Å². The molecule has 2 amide bonds. The number of fused-ring (bicyclic) bond motifs is 1. The molecule has 6 rings (SSSR count). The van der Waals surface area contributed by atoms with Gasteiger partial charge in [-0.25, -0.2) is 14.8 Å². The predicted molar refractivity (Wildman–Crippen MR) is 142 cm³/mol. The summed E-state index contributed by atoms with van der Waals surface area (Å²) in [6, 6.07) is 31.9. The molecule has 38 heavy (non-hydrogen) atoms. The molecule has 4 aromatic carbocycles. The molecule has 2 aliphatic rings. The highest BCUT2D eigenvalue weighted by Crippen LogP contribution is 2.48. The van der Waals surface area contributed by atoms with Crippen molar-refractivity contribution in [1.29, 1.82) is 0 Å². The SMILES string of the molecule is Cc1ccccc1N1C(=O)[C@@H]2[C@@H](c3ccc(OC(=O)c4ccccc4)cc3)N(c3ccccc3)O[C@H]2C1=O. The van der Waals surface area contributed by atoms with Crippen LogP contribution in [-0.4, -0.2) is 23.9 Å². The lowest BCUT2D eigenvalue weighted by Gasteiger charge is -2.29. The minimum Gasteiger partial charge on any atom is -0.423 e. The third kappa shape index (κ3) is 4.03. The second-order valence-corrected chi connectivity index (χ2v) is 9.28. The van der Waals surface area contributed by atoms with Gasteiger partial charge in [0, 0.05) is 0 Å². The second kappa shape index (κ2) is 9.61. The van der Waals surface area contributed by atoms with Gasteiger partial charge in [0.25, 0.3) is 5.91 Å². The summed E-state index contributed by atoms with van der Waals surface area (Å²) in [5.74, 6) is -1.53. The zero-order chi connectivity index (χ0) is 26.2. The number of anilines is 2. The molecule has 7 nitrogen and oxygen atoms in total. The molecule has 4 aromatic rings. The van der Waals surface area contributed by atoms with Crippen LogP contribution in [0, 0.1) is 12.8 Å². The number of aryl methyl sites for hydroxylation is 1. The number of carbonyl (C=O) groups excluding carboxylic acids is 3. The van der Waals surface area contributed by atoms with E-state index in [-0.39, 0.29) is 11.8 Å². The van der Waals surface area contributed by atoms with Crippen LogP contribution in [0.3, 0.4) is 0 Å². The van der Waals surface area contributed by atoms with Crippen molar-refractivity contribution in [2.45, 2.75) is 19.1 Å². The summed E-state index contributed by atoms with van der Waals surface area (Å²) in [5, 5.41) is 1.64. The molecule has 0 saturated carbocycles. The number of esters is 1. The zero-order valence-corrected chi connectivity index (χ0v) is 20.6. The molecule has 0 aliphatic carbocycles. The number of hydrogen-bond donors (Lipinski definition) is 0. The van der Waals surface area contributed by atoms with Crippen LogP contribution < -0.4 is 14.7 Å². The van der Waals surface area contributed by atoms with Gasteiger partial charge in [0.05, 0.1) is 23.0 Å². The molecule has 0 N–H and O–H groups in total. The van der Waals surface area contributed by atoms with Gasteiger partial charge >= 0.3 is 5.97 Å². The first-order valence-corrected chi connectivity index (χ1v) is 12.3. The van der Waals surface area contributed by atoms with E-state index in [9.17, 15) is 14.4 Å². The van der Waals surface area contributed by atoms with Gasteiger partial charge < -0.3 is 4.74 Å². The number of benzene rings is 4. The molecule has 7 heteroatoms. The van der Waals surface area contributed by atoms with Gasteiger partial charge in [-0.3, -0.25) is 14.4 Å². The van der Waals surface area contributed by atoms with Crippen molar-refractivity contribution in [3.8, 4) is 5.75 Å². The van der Waals surface area contributed by atoms with E-state index in [0.717, 1.165) is 16.8 Å². The highest BCUT2D eigenvalue weighted by atomic mass is 16.7. The van der Waals surface area contributed by atoms with E-state index in [2.05, 4.69) is 0 Å². The van der Waals surface area contributed by atoms with Crippen LogP contribution in [0.1, 0.15) is 27.5 Å². The van der Waals surface area contributed by atoms with Crippen LogP contribution in [-0.2, 0) is 14.4 Å². The summed E-state index contributed by atoms with van der Waals surface area (Å²) < 4.78 is 5.53. The molecule has 188 valence electrons. The lowest BCUT2D eigenvalue weighted by molar-refractivity contribution is -0.126. The Morgan fingerprint density at radius 1 is 0.763 bits per heavy atom. The number of ether oxygens (including phenoxy) is 1. The highest BCUT2D eigenvalue weighted by molar-refractivity contribution is 6.24. The molecule has 0 unspecified atom stereocenters. The minimum absolute atomic E-state index is 0.308. The van der Waals surface area contributed by atoms with E-state index < -0.39 is 24.0 Å². The summed E-state index contributed by atoms with van der Waals surface area (Å²) in [6.07, 6.45) is -0.956. The van der Waals surface area contributed by atoms with Crippen LogP contribution in [0.15, 0.2) is 109 Å². The molecule has 3 atom stereocenters. The van der Waals surface area contributed by atoms with Crippen molar-refractivity contribution in [2.75, 3.05) is 9.96 Å². The summed E-state index contributed by atoms with van der Waals surface area (Å²) in [5.41, 5.74) is 3.33. The number of hydroxylamine groups is 1. The average molecular weight is 505 g/mol. The van der Waals surface area contributed by atoms with E-state index in [1.54, 1.807) is 65.7 Å². The normalized spacial score (nSPS) is 20.5. The molecule has 0 radical (unpaired) electrons. The van der Waals surface area contributed by atoms with E-state index in [1.165, 1.54) is 4.90 Å². The topological polar surface area (TPSA) is 76.2 Å². The Morgan fingerprint density at radius 3 is 2.08 bits per heavy atom. The molecular weight excluding hydrogens is 480 g/mol. The summed E-state index contributed by atoms with van der Waals surface area (Å²) in [7, 11) is 0. The first-order chi connectivity index (χ1) is 18.5. The quantitative estimate of drug-likeness (QED) is 0.210. The number of hydrogen-bond acceptors (Lipinski definition) is 6. The van der Waals surface area contributed by atoms with Crippen LogP contribution in [0.2, 0.25) is 0 Å². The van der Waals surface area contributed by atoms with Crippen molar-refractivity contribution < 1.29 is 24.0 Å². The van der Waals surface area contributed by atoms with Crippen LogP contribution in [0.25, 0.3) is 0 Å². The Kier molecular flexibility index (Phi) is 5.98. The maximum atomic E-state index is 13.8. The second-order valence-electron chi connectivity index (χ2n) is 9.28. The van der Waals surface area contributed by atoms with Gasteiger partial charge in [0.2, 0.25) is 5.91 Å². The van der Waals surface area contributed by atoms with Crippen molar-refractivity contribution in [1.82, 2.24) is 0 Å². The van der Waals surface area contributed by atoms with E-state index in [4.69, 9.17) is 9.57 Å². The monoisotopic (exact) mass is 504 g/mol. The molecule has 2 fully saturated rings. The molecule has 0 bridgehead atoms. The van der Waals surface area contributed by atoms with E-state index in [1.807, 2.05) is 55.5 Å². The van der Waals surface area contributed by atoms with E-state index >= 15 is 0 Å². The molecule has 2 aliphatic heterocycles. The number of imide groups is 1. The number of rotatable bonds is 5.